The van der Waals surface area contributed by atoms with Gasteiger partial charge < -0.3 is 20.0 Å². The molecule has 0 rings (SSSR count). The highest BCUT2D eigenvalue weighted by atomic mass is 16.5. The largest absolute Gasteiger partial charge is 0.394 e. The molecule has 5 nitrogen and oxygen atoms in total. The first-order chi connectivity index (χ1) is 6.10. The maximum atomic E-state index is 11.0. The Morgan fingerprint density at radius 3 is 2.62 bits per heavy atom. The van der Waals surface area contributed by atoms with Gasteiger partial charge in [-0.25, -0.2) is 0 Å². The average Bonchev–Trinajstić information content (AvgIpc) is 2.10. The minimum Gasteiger partial charge on any atom is -0.394 e. The molecule has 0 aromatic heterocycles. The summed E-state index contributed by atoms with van der Waals surface area (Å²) in [6.07, 6.45) is 0.447. The third-order valence-corrected chi connectivity index (χ3v) is 1.26. The summed E-state index contributed by atoms with van der Waals surface area (Å²) in [7, 11) is 0. The maximum absolute atomic E-state index is 11.0. The van der Waals surface area contributed by atoms with E-state index >= 15 is 0 Å². The van der Waals surface area contributed by atoms with Crippen LogP contribution in [0.1, 0.15) is 13.8 Å². The molecule has 0 saturated heterocycles. The standard InChI is InChI=1S/C8H15NO4/c1-6(2)13-5-8(12)9-7(3-10)4-11/h3,6-7,11H,4-5H2,1-2H3,(H,9,12)/t7-/m1/s1. The van der Waals surface area contributed by atoms with E-state index in [9.17, 15) is 9.59 Å². The Bertz CT molecular complexity index is 170. The van der Waals surface area contributed by atoms with Gasteiger partial charge >= 0.3 is 0 Å². The van der Waals surface area contributed by atoms with Crippen LogP contribution in [0.4, 0.5) is 0 Å². The van der Waals surface area contributed by atoms with Crippen molar-refractivity contribution in [3.8, 4) is 0 Å². The number of nitrogens with one attached hydrogen (secondary N) is 1. The van der Waals surface area contributed by atoms with Crippen LogP contribution in [-0.2, 0) is 14.3 Å². The fraction of sp³-hybridized carbons (Fsp3) is 0.750. The van der Waals surface area contributed by atoms with Crippen LogP contribution in [0.15, 0.2) is 0 Å². The lowest BCUT2D eigenvalue weighted by molar-refractivity contribution is -0.129. The Hall–Kier alpha value is -0.940. The number of aliphatic hydroxyl groups is 1. The van der Waals surface area contributed by atoms with E-state index in [0.717, 1.165) is 0 Å². The molecular weight excluding hydrogens is 174 g/mol. The number of aldehydes is 1. The van der Waals surface area contributed by atoms with E-state index in [0.29, 0.717) is 6.29 Å². The summed E-state index contributed by atoms with van der Waals surface area (Å²) in [5.74, 6) is -0.403. The van der Waals surface area contributed by atoms with E-state index in [2.05, 4.69) is 5.32 Å². The first kappa shape index (κ1) is 12.1. The number of aliphatic hydroxyl groups excluding tert-OH is 1. The lowest BCUT2D eigenvalue weighted by Gasteiger charge is -2.11. The Morgan fingerprint density at radius 2 is 2.23 bits per heavy atom. The highest BCUT2D eigenvalue weighted by Crippen LogP contribution is 1.87. The molecule has 0 fully saturated rings. The number of hydrogen-bond acceptors (Lipinski definition) is 4. The topological polar surface area (TPSA) is 75.6 Å². The zero-order valence-corrected chi connectivity index (χ0v) is 7.82. The van der Waals surface area contributed by atoms with Crippen molar-refractivity contribution in [1.29, 1.82) is 0 Å². The number of carbonyl (C=O) groups excluding carboxylic acids is 2. The maximum Gasteiger partial charge on any atom is 0.246 e. The van der Waals surface area contributed by atoms with E-state index in [4.69, 9.17) is 9.84 Å². The Balaban J connectivity index is 3.66. The summed E-state index contributed by atoms with van der Waals surface area (Å²) in [6, 6.07) is -0.830. The van der Waals surface area contributed by atoms with Crippen LogP contribution < -0.4 is 5.32 Å². The lowest BCUT2D eigenvalue weighted by atomic mass is 10.3. The number of rotatable bonds is 6. The van der Waals surface area contributed by atoms with Gasteiger partial charge in [-0.3, -0.25) is 4.79 Å². The quantitative estimate of drug-likeness (QED) is 0.530. The van der Waals surface area contributed by atoms with E-state index in [-0.39, 0.29) is 12.7 Å². The minimum atomic E-state index is -0.830. The molecule has 0 spiro atoms. The van der Waals surface area contributed by atoms with Gasteiger partial charge in [-0.2, -0.15) is 0 Å². The van der Waals surface area contributed by atoms with Gasteiger partial charge in [-0.15, -0.1) is 0 Å². The number of hydrogen-bond donors (Lipinski definition) is 2. The first-order valence-electron chi connectivity index (χ1n) is 4.07. The number of amides is 1. The highest BCUT2D eigenvalue weighted by molar-refractivity contribution is 5.80. The van der Waals surface area contributed by atoms with Crippen LogP contribution in [0.2, 0.25) is 0 Å². The molecule has 76 valence electrons. The van der Waals surface area contributed by atoms with Crippen LogP contribution in [0, 0.1) is 0 Å². The fourth-order valence-corrected chi connectivity index (χ4v) is 0.613. The van der Waals surface area contributed by atoms with Crippen LogP contribution in [0.25, 0.3) is 0 Å². The van der Waals surface area contributed by atoms with Crippen LogP contribution in [-0.4, -0.2) is 42.7 Å². The monoisotopic (exact) mass is 189 g/mol. The third kappa shape index (κ3) is 6.24. The third-order valence-electron chi connectivity index (χ3n) is 1.26. The molecule has 0 aromatic carbocycles. The molecule has 5 heteroatoms. The molecule has 0 aromatic rings. The van der Waals surface area contributed by atoms with E-state index < -0.39 is 18.6 Å². The van der Waals surface area contributed by atoms with Gasteiger partial charge in [0, 0.05) is 0 Å². The average molecular weight is 189 g/mol. The number of ether oxygens (including phenoxy) is 1. The molecule has 0 radical (unpaired) electrons. The first-order valence-corrected chi connectivity index (χ1v) is 4.07. The van der Waals surface area contributed by atoms with Crippen LogP contribution in [0.5, 0.6) is 0 Å². The van der Waals surface area contributed by atoms with Crippen LogP contribution in [0.3, 0.4) is 0 Å². The second kappa shape index (κ2) is 6.56. The van der Waals surface area contributed by atoms with E-state index in [1.54, 1.807) is 13.8 Å². The highest BCUT2D eigenvalue weighted by Gasteiger charge is 2.09. The van der Waals surface area contributed by atoms with Crippen molar-refractivity contribution < 1.29 is 19.4 Å². The van der Waals surface area contributed by atoms with E-state index in [1.165, 1.54) is 0 Å². The van der Waals surface area contributed by atoms with Crippen molar-refractivity contribution in [2.24, 2.45) is 0 Å². The molecule has 0 unspecified atom stereocenters. The SMILES string of the molecule is CC(C)OCC(=O)N[C@H](C=O)CO. The summed E-state index contributed by atoms with van der Waals surface area (Å²) in [5.41, 5.74) is 0. The molecule has 0 saturated carbocycles. The van der Waals surface area contributed by atoms with Gasteiger partial charge in [0.2, 0.25) is 5.91 Å². The zero-order valence-electron chi connectivity index (χ0n) is 7.82. The minimum absolute atomic E-state index is 0.0328. The van der Waals surface area contributed by atoms with Crippen molar-refractivity contribution in [2.75, 3.05) is 13.2 Å². The van der Waals surface area contributed by atoms with Crippen molar-refractivity contribution in [3.63, 3.8) is 0 Å². The van der Waals surface area contributed by atoms with Crippen molar-refractivity contribution >= 4 is 12.2 Å². The predicted octanol–water partition coefficient (Wildman–Crippen LogP) is -0.913. The Morgan fingerprint density at radius 1 is 1.62 bits per heavy atom. The molecule has 0 aliphatic carbocycles. The molecule has 13 heavy (non-hydrogen) atoms. The van der Waals surface area contributed by atoms with Gasteiger partial charge in [-0.05, 0) is 13.8 Å². The van der Waals surface area contributed by atoms with Gasteiger partial charge in [0.1, 0.15) is 18.9 Å². The van der Waals surface area contributed by atoms with Crippen molar-refractivity contribution in [2.45, 2.75) is 26.0 Å². The van der Waals surface area contributed by atoms with Gasteiger partial charge in [0.05, 0.1) is 12.7 Å². The fourth-order valence-electron chi connectivity index (χ4n) is 0.613. The zero-order chi connectivity index (χ0) is 10.3. The summed E-state index contributed by atoms with van der Waals surface area (Å²) >= 11 is 0. The molecule has 0 aliphatic rings. The smallest absolute Gasteiger partial charge is 0.246 e. The second-order valence-electron chi connectivity index (χ2n) is 2.85. The van der Waals surface area contributed by atoms with Gasteiger partial charge in [0.25, 0.3) is 0 Å². The molecular formula is C8H15NO4. The summed E-state index contributed by atoms with van der Waals surface area (Å²) in [6.45, 7) is 3.12. The van der Waals surface area contributed by atoms with Crippen molar-refractivity contribution in [3.05, 3.63) is 0 Å². The Kier molecular flexibility index (Phi) is 6.09. The van der Waals surface area contributed by atoms with E-state index in [1.807, 2.05) is 0 Å². The normalized spacial score (nSPS) is 12.6. The molecule has 0 heterocycles. The lowest BCUT2D eigenvalue weighted by Crippen LogP contribution is -2.40. The van der Waals surface area contributed by atoms with Crippen molar-refractivity contribution in [1.82, 2.24) is 5.32 Å². The Labute approximate surface area is 77.1 Å². The number of carbonyl (C=O) groups is 2. The molecule has 0 aliphatic heterocycles. The summed E-state index contributed by atoms with van der Waals surface area (Å²) in [4.78, 5) is 21.2. The molecule has 1 amide bonds. The van der Waals surface area contributed by atoms with Crippen LogP contribution >= 0.6 is 0 Å². The van der Waals surface area contributed by atoms with Gasteiger partial charge in [0.15, 0.2) is 0 Å². The van der Waals surface area contributed by atoms with Gasteiger partial charge in [-0.1, -0.05) is 0 Å². The molecule has 0 bridgehead atoms. The predicted molar refractivity (Wildman–Crippen MR) is 46.2 cm³/mol. The summed E-state index contributed by atoms with van der Waals surface area (Å²) in [5, 5.41) is 10.9. The summed E-state index contributed by atoms with van der Waals surface area (Å²) < 4.78 is 4.98. The second-order valence-corrected chi connectivity index (χ2v) is 2.85. The molecule has 1 atom stereocenters. The molecule has 2 N–H and O–H groups in total.